The Morgan fingerprint density at radius 2 is 1.89 bits per heavy atom. The highest BCUT2D eigenvalue weighted by Gasteiger charge is 2.22. The van der Waals surface area contributed by atoms with E-state index in [0.717, 1.165) is 6.54 Å². The van der Waals surface area contributed by atoms with Gasteiger partial charge in [-0.25, -0.2) is 0 Å². The predicted octanol–water partition coefficient (Wildman–Crippen LogP) is -0.348. The number of likely N-dealkylation sites (N-methyl/N-ethyl adjacent to an activating group) is 1. The van der Waals surface area contributed by atoms with Crippen molar-refractivity contribution >= 4 is 11.9 Å². The smallest absolute Gasteiger partial charge is 0.305 e. The Balaban J connectivity index is 4.22. The molecule has 18 heavy (non-hydrogen) atoms. The van der Waals surface area contributed by atoms with Gasteiger partial charge in [-0.1, -0.05) is 6.92 Å². The second kappa shape index (κ2) is 8.05. The number of carbonyl (C=O) groups excluding carboxylic acids is 1. The molecule has 0 bridgehead atoms. The third-order valence-electron chi connectivity index (χ3n) is 2.33. The Kier molecular flexibility index (Phi) is 7.54. The third-order valence-corrected chi connectivity index (χ3v) is 2.33. The first-order chi connectivity index (χ1) is 8.24. The van der Waals surface area contributed by atoms with E-state index >= 15 is 0 Å². The highest BCUT2D eigenvalue weighted by molar-refractivity contribution is 5.77. The molecule has 6 heteroatoms. The van der Waals surface area contributed by atoms with Crippen LogP contribution in [0.5, 0.6) is 0 Å². The molecule has 106 valence electrons. The number of carbonyl (C=O) groups is 2. The summed E-state index contributed by atoms with van der Waals surface area (Å²) >= 11 is 0. The number of nitrogens with one attached hydrogen (secondary N) is 2. The molecule has 0 saturated carbocycles. The predicted molar refractivity (Wildman–Crippen MR) is 70.2 cm³/mol. The zero-order valence-electron chi connectivity index (χ0n) is 11.8. The van der Waals surface area contributed by atoms with Gasteiger partial charge in [0.1, 0.15) is 0 Å². The molecule has 0 radical (unpaired) electrons. The Labute approximate surface area is 109 Å². The maximum Gasteiger partial charge on any atom is 0.305 e. The van der Waals surface area contributed by atoms with Gasteiger partial charge in [-0.15, -0.1) is 0 Å². The lowest BCUT2D eigenvalue weighted by Gasteiger charge is -2.29. The normalized spacial score (nSPS) is 13.1. The van der Waals surface area contributed by atoms with Crippen LogP contribution in [0.1, 0.15) is 19.8 Å². The molecule has 6 nitrogen and oxygen atoms in total. The number of quaternary nitrogens is 1. The van der Waals surface area contributed by atoms with Gasteiger partial charge < -0.3 is 20.2 Å². The molecule has 1 amide bonds. The second-order valence-corrected chi connectivity index (χ2v) is 5.44. The summed E-state index contributed by atoms with van der Waals surface area (Å²) in [6, 6.07) is -0.323. The second-order valence-electron chi connectivity index (χ2n) is 5.44. The fraction of sp³-hybridized carbons (Fsp3) is 0.833. The lowest BCUT2D eigenvalue weighted by Crippen LogP contribution is -2.49. The number of amides is 1. The lowest BCUT2D eigenvalue weighted by molar-refractivity contribution is -0.871. The molecular weight excluding hydrogens is 234 g/mol. The maximum absolute atomic E-state index is 11.6. The monoisotopic (exact) mass is 260 g/mol. The molecule has 0 aromatic rings. The molecule has 1 atom stereocenters. The molecular formula is C12H26N3O3+. The molecule has 0 saturated heterocycles. The lowest BCUT2D eigenvalue weighted by atomic mass is 10.1. The van der Waals surface area contributed by atoms with Crippen LogP contribution in [0.2, 0.25) is 0 Å². The average Bonchev–Trinajstić information content (AvgIpc) is 2.13. The van der Waals surface area contributed by atoms with E-state index in [-0.39, 0.29) is 18.4 Å². The Morgan fingerprint density at radius 1 is 1.28 bits per heavy atom. The van der Waals surface area contributed by atoms with Crippen molar-refractivity contribution in [1.29, 1.82) is 0 Å². The van der Waals surface area contributed by atoms with Crippen molar-refractivity contribution in [3.8, 4) is 0 Å². The van der Waals surface area contributed by atoms with Gasteiger partial charge in [0.25, 0.3) is 0 Å². The molecule has 0 aliphatic rings. The first-order valence-corrected chi connectivity index (χ1v) is 6.27. The average molecular weight is 260 g/mol. The summed E-state index contributed by atoms with van der Waals surface area (Å²) in [6.45, 7) is 4.01. The highest BCUT2D eigenvalue weighted by Crippen LogP contribution is 2.00. The molecule has 0 aliphatic heterocycles. The third kappa shape index (κ3) is 10.0. The van der Waals surface area contributed by atoms with Gasteiger partial charge in [0.2, 0.25) is 5.91 Å². The van der Waals surface area contributed by atoms with Gasteiger partial charge in [-0.3, -0.25) is 9.59 Å². The summed E-state index contributed by atoms with van der Waals surface area (Å²) in [5.74, 6) is -0.990. The number of nitrogens with zero attached hydrogens (tertiary/aromatic N) is 1. The van der Waals surface area contributed by atoms with Gasteiger partial charge >= 0.3 is 5.97 Å². The minimum Gasteiger partial charge on any atom is -0.481 e. The van der Waals surface area contributed by atoms with Crippen molar-refractivity contribution in [1.82, 2.24) is 10.6 Å². The maximum atomic E-state index is 11.6. The van der Waals surface area contributed by atoms with E-state index in [1.165, 1.54) is 0 Å². The van der Waals surface area contributed by atoms with Crippen LogP contribution < -0.4 is 10.6 Å². The van der Waals surface area contributed by atoms with Gasteiger partial charge in [0.05, 0.1) is 40.2 Å². The summed E-state index contributed by atoms with van der Waals surface area (Å²) in [7, 11) is 5.92. The van der Waals surface area contributed by atoms with Crippen LogP contribution in [-0.2, 0) is 9.59 Å². The molecule has 0 aromatic carbocycles. The minimum absolute atomic E-state index is 0.0392. The molecule has 0 rings (SSSR count). The summed E-state index contributed by atoms with van der Waals surface area (Å²) in [5, 5.41) is 14.7. The number of rotatable bonds is 9. The van der Waals surface area contributed by atoms with E-state index in [1.54, 1.807) is 0 Å². The van der Waals surface area contributed by atoms with Crippen LogP contribution in [0.3, 0.4) is 0 Å². The van der Waals surface area contributed by atoms with Crippen LogP contribution in [0.25, 0.3) is 0 Å². The van der Waals surface area contributed by atoms with Crippen LogP contribution in [0.15, 0.2) is 0 Å². The molecule has 0 fully saturated rings. The van der Waals surface area contributed by atoms with Crippen molar-refractivity contribution in [2.75, 3.05) is 40.8 Å². The molecule has 0 heterocycles. The van der Waals surface area contributed by atoms with Crippen LogP contribution >= 0.6 is 0 Å². The minimum atomic E-state index is -0.888. The first kappa shape index (κ1) is 16.9. The summed E-state index contributed by atoms with van der Waals surface area (Å²) in [6.07, 6.45) is 0.337. The van der Waals surface area contributed by atoms with Gasteiger partial charge in [-0.05, 0) is 6.54 Å². The van der Waals surface area contributed by atoms with Crippen molar-refractivity contribution in [2.45, 2.75) is 25.8 Å². The van der Waals surface area contributed by atoms with Crippen molar-refractivity contribution in [3.05, 3.63) is 0 Å². The van der Waals surface area contributed by atoms with E-state index in [1.807, 2.05) is 28.1 Å². The summed E-state index contributed by atoms with van der Waals surface area (Å²) in [4.78, 5) is 22.4. The zero-order chi connectivity index (χ0) is 14.2. The Hall–Kier alpha value is -1.14. The molecule has 3 N–H and O–H groups in total. The first-order valence-electron chi connectivity index (χ1n) is 6.27. The van der Waals surface area contributed by atoms with E-state index in [9.17, 15) is 9.59 Å². The van der Waals surface area contributed by atoms with Crippen LogP contribution in [-0.4, -0.2) is 68.3 Å². The van der Waals surface area contributed by atoms with E-state index in [2.05, 4.69) is 10.6 Å². The number of carboxylic acids is 1. The SMILES string of the molecule is CCNCCC(=O)NC(CC(=O)O)C[N+](C)(C)C. The molecule has 0 aliphatic carbocycles. The number of hydrogen-bond donors (Lipinski definition) is 3. The van der Waals surface area contributed by atoms with Gasteiger partial charge in [-0.2, -0.15) is 0 Å². The summed E-state index contributed by atoms with van der Waals surface area (Å²) < 4.78 is 0.617. The zero-order valence-corrected chi connectivity index (χ0v) is 11.8. The Bertz CT molecular complexity index is 274. The van der Waals surface area contributed by atoms with E-state index < -0.39 is 5.97 Å². The summed E-state index contributed by atoms with van der Waals surface area (Å²) in [5.41, 5.74) is 0. The topological polar surface area (TPSA) is 78.4 Å². The van der Waals surface area contributed by atoms with Crippen molar-refractivity contribution < 1.29 is 19.2 Å². The molecule has 0 aromatic heterocycles. The largest absolute Gasteiger partial charge is 0.481 e. The molecule has 1 unspecified atom stereocenters. The fourth-order valence-corrected chi connectivity index (χ4v) is 1.71. The van der Waals surface area contributed by atoms with Crippen molar-refractivity contribution in [3.63, 3.8) is 0 Å². The van der Waals surface area contributed by atoms with E-state index in [4.69, 9.17) is 5.11 Å². The number of carboxylic acid groups (broad SMARTS) is 1. The Morgan fingerprint density at radius 3 is 2.33 bits per heavy atom. The van der Waals surface area contributed by atoms with Gasteiger partial charge in [0.15, 0.2) is 0 Å². The van der Waals surface area contributed by atoms with Crippen LogP contribution in [0, 0.1) is 0 Å². The van der Waals surface area contributed by atoms with Gasteiger partial charge in [0, 0.05) is 13.0 Å². The quantitative estimate of drug-likeness (QED) is 0.391. The molecule has 0 spiro atoms. The number of aliphatic carboxylic acids is 1. The van der Waals surface area contributed by atoms with Crippen molar-refractivity contribution in [2.24, 2.45) is 0 Å². The standard InChI is InChI=1S/C12H25N3O3/c1-5-13-7-6-11(16)14-10(8-12(17)18)9-15(2,3)4/h10,13H,5-9H2,1-4H3,(H-,14,16,17,18)/p+1. The van der Waals surface area contributed by atoms with E-state index in [0.29, 0.717) is 24.0 Å². The van der Waals surface area contributed by atoms with Crippen LogP contribution in [0.4, 0.5) is 0 Å². The highest BCUT2D eigenvalue weighted by atomic mass is 16.4. The fourth-order valence-electron chi connectivity index (χ4n) is 1.71. The number of hydrogen-bond acceptors (Lipinski definition) is 3.